The van der Waals surface area contributed by atoms with E-state index in [1.807, 2.05) is 4.90 Å². The number of piperidine rings is 1. The van der Waals surface area contributed by atoms with E-state index in [1.165, 1.54) is 45.3 Å². The molecule has 6 heteroatoms. The predicted octanol–water partition coefficient (Wildman–Crippen LogP) is 1.85. The van der Waals surface area contributed by atoms with Gasteiger partial charge in [-0.15, -0.1) is 0 Å². The lowest BCUT2D eigenvalue weighted by Gasteiger charge is -2.34. The largest absolute Gasteiger partial charge is 0.465 e. The van der Waals surface area contributed by atoms with Crippen molar-refractivity contribution in [2.24, 2.45) is 5.92 Å². The van der Waals surface area contributed by atoms with Gasteiger partial charge in [-0.3, -0.25) is 4.79 Å². The standard InChI is InChI=1S/C17H31N3O3/c1-2-23-16(21)13-18-17(22)20-11-7-15(8-12-20)14-19-9-5-3-4-6-10-19/h15H,2-14H2,1H3,(H,18,22). The number of carbonyl (C=O) groups is 2. The number of esters is 1. The molecule has 0 unspecified atom stereocenters. The lowest BCUT2D eigenvalue weighted by atomic mass is 9.96. The highest BCUT2D eigenvalue weighted by atomic mass is 16.5. The van der Waals surface area contributed by atoms with Gasteiger partial charge in [0.15, 0.2) is 0 Å². The fourth-order valence-corrected chi connectivity index (χ4v) is 3.47. The molecule has 0 aromatic heterocycles. The molecule has 2 amide bonds. The summed E-state index contributed by atoms with van der Waals surface area (Å²) in [5.74, 6) is 0.319. The average Bonchev–Trinajstić information content (AvgIpc) is 2.82. The molecule has 132 valence electrons. The van der Waals surface area contributed by atoms with Gasteiger partial charge in [0.05, 0.1) is 6.61 Å². The zero-order chi connectivity index (χ0) is 16.5. The summed E-state index contributed by atoms with van der Waals surface area (Å²) >= 11 is 0. The highest BCUT2D eigenvalue weighted by Gasteiger charge is 2.24. The molecule has 2 aliphatic heterocycles. The molecular formula is C17H31N3O3. The van der Waals surface area contributed by atoms with Crippen LogP contribution in [0.15, 0.2) is 0 Å². The second-order valence-corrected chi connectivity index (χ2v) is 6.61. The van der Waals surface area contributed by atoms with E-state index in [0.29, 0.717) is 12.5 Å². The molecule has 6 nitrogen and oxygen atoms in total. The third-order valence-corrected chi connectivity index (χ3v) is 4.81. The first kappa shape index (κ1) is 18.0. The van der Waals surface area contributed by atoms with Crippen molar-refractivity contribution in [3.05, 3.63) is 0 Å². The van der Waals surface area contributed by atoms with Crippen molar-refractivity contribution in [2.45, 2.75) is 45.4 Å². The van der Waals surface area contributed by atoms with Gasteiger partial charge < -0.3 is 19.9 Å². The number of hydrogen-bond donors (Lipinski definition) is 1. The minimum atomic E-state index is -0.378. The van der Waals surface area contributed by atoms with Crippen LogP contribution in [0.5, 0.6) is 0 Å². The smallest absolute Gasteiger partial charge is 0.325 e. The van der Waals surface area contributed by atoms with Crippen molar-refractivity contribution in [3.8, 4) is 0 Å². The van der Waals surface area contributed by atoms with Crippen LogP contribution in [-0.2, 0) is 9.53 Å². The van der Waals surface area contributed by atoms with E-state index in [2.05, 4.69) is 10.2 Å². The highest BCUT2D eigenvalue weighted by Crippen LogP contribution is 2.20. The number of likely N-dealkylation sites (tertiary alicyclic amines) is 2. The summed E-state index contributed by atoms with van der Waals surface area (Å²) in [6.45, 7) is 7.28. The summed E-state index contributed by atoms with van der Waals surface area (Å²) < 4.78 is 4.81. The molecule has 0 bridgehead atoms. The number of nitrogens with one attached hydrogen (secondary N) is 1. The van der Waals surface area contributed by atoms with E-state index in [-0.39, 0.29) is 18.5 Å². The van der Waals surface area contributed by atoms with Gasteiger partial charge in [-0.25, -0.2) is 4.79 Å². The maximum atomic E-state index is 12.0. The molecule has 2 rings (SSSR count). The molecule has 2 saturated heterocycles. The Kier molecular flexibility index (Phi) is 7.65. The Morgan fingerprint density at radius 1 is 1.04 bits per heavy atom. The Hall–Kier alpha value is -1.30. The highest BCUT2D eigenvalue weighted by molar-refractivity contribution is 5.80. The number of hydrogen-bond acceptors (Lipinski definition) is 4. The molecular weight excluding hydrogens is 294 g/mol. The number of amides is 2. The Balaban J connectivity index is 1.64. The zero-order valence-electron chi connectivity index (χ0n) is 14.4. The summed E-state index contributed by atoms with van der Waals surface area (Å²) in [4.78, 5) is 27.7. The lowest BCUT2D eigenvalue weighted by molar-refractivity contribution is -0.141. The average molecular weight is 325 g/mol. The first-order valence-electron chi connectivity index (χ1n) is 9.09. The van der Waals surface area contributed by atoms with Crippen LogP contribution in [0.1, 0.15) is 45.4 Å². The van der Waals surface area contributed by atoms with Crippen molar-refractivity contribution in [3.63, 3.8) is 0 Å². The normalized spacial score (nSPS) is 20.8. The molecule has 1 N–H and O–H groups in total. The third-order valence-electron chi connectivity index (χ3n) is 4.81. The number of nitrogens with zero attached hydrogens (tertiary/aromatic N) is 2. The molecule has 2 fully saturated rings. The number of ether oxygens (including phenoxy) is 1. The number of urea groups is 1. The molecule has 0 spiro atoms. The van der Waals surface area contributed by atoms with Gasteiger partial charge in [0.1, 0.15) is 6.54 Å². The van der Waals surface area contributed by atoms with Crippen LogP contribution in [0.25, 0.3) is 0 Å². The van der Waals surface area contributed by atoms with E-state index in [1.54, 1.807) is 6.92 Å². The van der Waals surface area contributed by atoms with E-state index in [4.69, 9.17) is 4.74 Å². The maximum Gasteiger partial charge on any atom is 0.325 e. The zero-order valence-corrected chi connectivity index (χ0v) is 14.4. The van der Waals surface area contributed by atoms with Crippen molar-refractivity contribution in [1.29, 1.82) is 0 Å². The predicted molar refractivity (Wildman–Crippen MR) is 89.2 cm³/mol. The molecule has 0 aliphatic carbocycles. The minimum absolute atomic E-state index is 0.0413. The van der Waals surface area contributed by atoms with Gasteiger partial charge >= 0.3 is 12.0 Å². The fraction of sp³-hybridized carbons (Fsp3) is 0.882. The van der Waals surface area contributed by atoms with E-state index in [0.717, 1.165) is 25.9 Å². The van der Waals surface area contributed by atoms with Crippen LogP contribution in [0.2, 0.25) is 0 Å². The first-order valence-corrected chi connectivity index (χ1v) is 9.09. The van der Waals surface area contributed by atoms with Crippen molar-refractivity contribution < 1.29 is 14.3 Å². The molecule has 2 aliphatic rings. The second-order valence-electron chi connectivity index (χ2n) is 6.61. The molecule has 0 radical (unpaired) electrons. The maximum absolute atomic E-state index is 12.0. The Morgan fingerprint density at radius 2 is 1.70 bits per heavy atom. The van der Waals surface area contributed by atoms with Crippen molar-refractivity contribution in [1.82, 2.24) is 15.1 Å². The monoisotopic (exact) mass is 325 g/mol. The van der Waals surface area contributed by atoms with Crippen LogP contribution in [0.4, 0.5) is 4.79 Å². The summed E-state index contributed by atoms with van der Waals surface area (Å²) in [5.41, 5.74) is 0. The second kappa shape index (κ2) is 9.75. The van der Waals surface area contributed by atoms with Gasteiger partial charge in [0, 0.05) is 19.6 Å². The summed E-state index contributed by atoms with van der Waals surface area (Å²) in [6.07, 6.45) is 7.52. The van der Waals surface area contributed by atoms with E-state index in [9.17, 15) is 9.59 Å². The minimum Gasteiger partial charge on any atom is -0.465 e. The Labute approximate surface area is 139 Å². The quantitative estimate of drug-likeness (QED) is 0.784. The number of rotatable bonds is 5. The summed E-state index contributed by atoms with van der Waals surface area (Å²) in [6, 6.07) is -0.147. The molecule has 0 atom stereocenters. The van der Waals surface area contributed by atoms with Gasteiger partial charge in [-0.1, -0.05) is 12.8 Å². The fourth-order valence-electron chi connectivity index (χ4n) is 3.47. The molecule has 0 saturated carbocycles. The Bertz CT molecular complexity index is 373. The molecule has 0 aromatic carbocycles. The summed E-state index contributed by atoms with van der Waals surface area (Å²) in [5, 5.41) is 2.64. The van der Waals surface area contributed by atoms with Gasteiger partial charge in [0.2, 0.25) is 0 Å². The van der Waals surface area contributed by atoms with Gasteiger partial charge in [-0.2, -0.15) is 0 Å². The number of carbonyl (C=O) groups excluding carboxylic acids is 2. The van der Waals surface area contributed by atoms with Gasteiger partial charge in [-0.05, 0) is 51.6 Å². The van der Waals surface area contributed by atoms with E-state index < -0.39 is 0 Å². The Morgan fingerprint density at radius 3 is 2.30 bits per heavy atom. The van der Waals surface area contributed by atoms with Crippen molar-refractivity contribution >= 4 is 12.0 Å². The van der Waals surface area contributed by atoms with E-state index >= 15 is 0 Å². The van der Waals surface area contributed by atoms with Crippen LogP contribution < -0.4 is 5.32 Å². The summed E-state index contributed by atoms with van der Waals surface area (Å²) in [7, 11) is 0. The third kappa shape index (κ3) is 6.37. The van der Waals surface area contributed by atoms with Crippen molar-refractivity contribution in [2.75, 3.05) is 45.9 Å². The van der Waals surface area contributed by atoms with Crippen LogP contribution in [0.3, 0.4) is 0 Å². The SMILES string of the molecule is CCOC(=O)CNC(=O)N1CCC(CN2CCCCCC2)CC1. The van der Waals surface area contributed by atoms with Gasteiger partial charge in [0.25, 0.3) is 0 Å². The topological polar surface area (TPSA) is 61.9 Å². The van der Waals surface area contributed by atoms with Crippen LogP contribution in [0, 0.1) is 5.92 Å². The molecule has 2 heterocycles. The molecule has 23 heavy (non-hydrogen) atoms. The molecule has 0 aromatic rings. The first-order chi connectivity index (χ1) is 11.2. The van der Waals surface area contributed by atoms with Crippen LogP contribution in [-0.4, -0.2) is 67.7 Å². The van der Waals surface area contributed by atoms with Crippen LogP contribution >= 0.6 is 0 Å². The lowest BCUT2D eigenvalue weighted by Crippen LogP contribution is -2.47.